The first-order valence-electron chi connectivity index (χ1n) is 12.1. The number of amides is 1. The molecule has 3 aromatic carbocycles. The van der Waals surface area contributed by atoms with Gasteiger partial charge in [0.2, 0.25) is 5.91 Å². The summed E-state index contributed by atoms with van der Waals surface area (Å²) in [5.74, 6) is -3.23. The minimum absolute atomic E-state index is 0. The van der Waals surface area contributed by atoms with Crippen molar-refractivity contribution >= 4 is 59.5 Å². The van der Waals surface area contributed by atoms with Crippen LogP contribution in [-0.4, -0.2) is 51.4 Å². The second kappa shape index (κ2) is 14.7. The van der Waals surface area contributed by atoms with Crippen LogP contribution in [0.4, 0.5) is 5.69 Å². The highest BCUT2D eigenvalue weighted by Crippen LogP contribution is 2.25. The highest BCUT2D eigenvalue weighted by Gasteiger charge is 2.17. The van der Waals surface area contributed by atoms with Gasteiger partial charge in [0.1, 0.15) is 5.75 Å². The Hall–Kier alpha value is -4.61. The summed E-state index contributed by atoms with van der Waals surface area (Å²) in [5, 5.41) is 18.9. The zero-order valence-corrected chi connectivity index (χ0v) is 23.4. The largest absolute Gasteiger partial charge is 0.478 e. The summed E-state index contributed by atoms with van der Waals surface area (Å²) < 4.78 is 5.39. The van der Waals surface area contributed by atoms with Crippen LogP contribution in [0.15, 0.2) is 65.7 Å². The summed E-state index contributed by atoms with van der Waals surface area (Å²) in [6, 6.07) is 14.6. The Balaban J connectivity index is 0.00000588. The quantitative estimate of drug-likeness (QED) is 0.108. The van der Waals surface area contributed by atoms with Crippen LogP contribution >= 0.6 is 24.0 Å². The van der Waals surface area contributed by atoms with Crippen molar-refractivity contribution in [3.05, 3.63) is 93.5 Å². The molecule has 0 aliphatic carbocycles. The maximum Gasteiger partial charge on any atom is 0.343 e. The third kappa shape index (κ3) is 9.23. The van der Waals surface area contributed by atoms with E-state index in [0.717, 1.165) is 6.07 Å². The van der Waals surface area contributed by atoms with Gasteiger partial charge in [-0.2, -0.15) is 0 Å². The van der Waals surface area contributed by atoms with E-state index in [9.17, 15) is 29.4 Å². The smallest absolute Gasteiger partial charge is 0.343 e. The van der Waals surface area contributed by atoms with E-state index in [-0.39, 0.29) is 59.7 Å². The molecule has 0 aromatic heterocycles. The lowest BCUT2D eigenvalue weighted by Crippen LogP contribution is -2.30. The molecular formula is C28H28Cl2N4O7. The minimum Gasteiger partial charge on any atom is -0.478 e. The van der Waals surface area contributed by atoms with Crippen molar-refractivity contribution in [1.29, 1.82) is 0 Å². The number of rotatable bonds is 11. The van der Waals surface area contributed by atoms with Crippen molar-refractivity contribution in [2.75, 3.05) is 6.54 Å². The lowest BCUT2D eigenvalue weighted by Gasteiger charge is -2.22. The summed E-state index contributed by atoms with van der Waals surface area (Å²) >= 11 is 6.38. The number of guanidine groups is 1. The average molecular weight is 603 g/mol. The van der Waals surface area contributed by atoms with E-state index in [1.165, 1.54) is 35.2 Å². The third-order valence-electron chi connectivity index (χ3n) is 5.80. The number of carboxylic acid groups (broad SMARTS) is 2. The van der Waals surface area contributed by atoms with E-state index in [4.69, 9.17) is 27.8 Å². The molecule has 0 fully saturated rings. The molecule has 0 radical (unpaired) electrons. The minimum atomic E-state index is -1.26. The number of aryl methyl sites for hydroxylation is 1. The topological polar surface area (TPSA) is 186 Å². The first kappa shape index (κ1) is 32.6. The van der Waals surface area contributed by atoms with Crippen LogP contribution in [0.5, 0.6) is 5.75 Å². The fraction of sp³-hybridized carbons (Fsp3) is 0.179. The summed E-state index contributed by atoms with van der Waals surface area (Å²) in [4.78, 5) is 53.5. The van der Waals surface area contributed by atoms with E-state index in [2.05, 4.69) is 4.99 Å². The lowest BCUT2D eigenvalue weighted by atomic mass is 10.0. The number of carbonyl (C=O) groups is 4. The molecule has 0 atom stereocenters. The number of halogens is 2. The normalized spacial score (nSPS) is 10.2. The van der Waals surface area contributed by atoms with Crippen LogP contribution in [0.2, 0.25) is 5.02 Å². The lowest BCUT2D eigenvalue weighted by molar-refractivity contribution is -0.131. The predicted octanol–water partition coefficient (Wildman–Crippen LogP) is 4.26. The molecule has 0 unspecified atom stereocenters. The van der Waals surface area contributed by atoms with Gasteiger partial charge in [-0.1, -0.05) is 17.7 Å². The van der Waals surface area contributed by atoms with Gasteiger partial charge in [-0.3, -0.25) is 4.79 Å². The molecule has 11 nitrogen and oxygen atoms in total. The van der Waals surface area contributed by atoms with E-state index in [0.29, 0.717) is 34.8 Å². The van der Waals surface area contributed by atoms with Gasteiger partial charge in [0.05, 0.1) is 22.4 Å². The zero-order chi connectivity index (χ0) is 29.4. The van der Waals surface area contributed by atoms with E-state index < -0.39 is 17.9 Å². The number of aliphatic imine (C=N–C) groups is 1. The van der Waals surface area contributed by atoms with Crippen molar-refractivity contribution in [3.8, 4) is 5.75 Å². The molecule has 0 spiro atoms. The van der Waals surface area contributed by atoms with Crippen molar-refractivity contribution in [1.82, 2.24) is 4.90 Å². The maximum atomic E-state index is 12.9. The number of nitrogens with two attached hydrogens (primary N) is 2. The summed E-state index contributed by atoms with van der Waals surface area (Å²) in [7, 11) is 0. The van der Waals surface area contributed by atoms with Gasteiger partial charge in [0.15, 0.2) is 5.96 Å². The number of esters is 1. The molecule has 216 valence electrons. The number of hydrogen-bond donors (Lipinski definition) is 4. The fourth-order valence-electron chi connectivity index (χ4n) is 3.81. The first-order valence-corrected chi connectivity index (χ1v) is 12.4. The van der Waals surface area contributed by atoms with Crippen LogP contribution < -0.4 is 16.2 Å². The zero-order valence-electron chi connectivity index (χ0n) is 21.9. The average Bonchev–Trinajstić information content (AvgIpc) is 2.90. The molecule has 1 amide bonds. The molecule has 3 rings (SSSR count). The highest BCUT2D eigenvalue weighted by molar-refractivity contribution is 6.31. The summed E-state index contributed by atoms with van der Waals surface area (Å²) in [6.07, 6.45) is 0.392. The molecule has 0 saturated carbocycles. The molecule has 0 aliphatic heterocycles. The van der Waals surface area contributed by atoms with E-state index in [1.54, 1.807) is 31.2 Å². The molecule has 13 heteroatoms. The van der Waals surface area contributed by atoms with Gasteiger partial charge < -0.3 is 31.3 Å². The second-order valence-electron chi connectivity index (χ2n) is 8.66. The number of nitrogens with zero attached hydrogens (tertiary/aromatic N) is 2. The Morgan fingerprint density at radius 2 is 1.51 bits per heavy atom. The molecule has 3 aromatic rings. The van der Waals surface area contributed by atoms with Crippen LogP contribution in [0.25, 0.3) is 0 Å². The highest BCUT2D eigenvalue weighted by atomic mass is 35.5. The summed E-state index contributed by atoms with van der Waals surface area (Å²) in [6.45, 7) is 2.14. The predicted molar refractivity (Wildman–Crippen MR) is 155 cm³/mol. The summed E-state index contributed by atoms with van der Waals surface area (Å²) in [5.41, 5.74) is 12.1. The van der Waals surface area contributed by atoms with Crippen LogP contribution in [0.3, 0.4) is 0 Å². The van der Waals surface area contributed by atoms with Crippen LogP contribution in [0.1, 0.15) is 55.5 Å². The number of ether oxygens (including phenoxy) is 1. The van der Waals surface area contributed by atoms with E-state index in [1.807, 2.05) is 0 Å². The van der Waals surface area contributed by atoms with Gasteiger partial charge in [-0.05, 0) is 79.1 Å². The van der Waals surface area contributed by atoms with Gasteiger partial charge in [0.25, 0.3) is 0 Å². The second-order valence-corrected chi connectivity index (χ2v) is 9.07. The molecule has 6 N–H and O–H groups in total. The standard InChI is InChI=1S/C28H27ClN4O7.ClH/c1-2-33(15-16-11-19(25(35)36)13-20(12-16)26(37)38)24(34)10-6-17-5-9-22(14-23(17)29)40-27(39)18-3-7-21(8-4-18)32-28(30)31;/h3-5,7-9,11-14H,2,6,10,15H2,1H3,(H,35,36)(H,37,38)(H4,30,31,32);1H. The third-order valence-corrected chi connectivity index (χ3v) is 6.15. The van der Waals surface area contributed by atoms with Gasteiger partial charge in [0, 0.05) is 24.5 Å². The monoisotopic (exact) mass is 602 g/mol. The Morgan fingerprint density at radius 3 is 2.02 bits per heavy atom. The Bertz CT molecular complexity index is 1440. The molecule has 0 heterocycles. The maximum absolute atomic E-state index is 12.9. The van der Waals surface area contributed by atoms with Crippen LogP contribution in [0, 0.1) is 0 Å². The number of benzene rings is 3. The van der Waals surface area contributed by atoms with E-state index >= 15 is 0 Å². The van der Waals surface area contributed by atoms with Gasteiger partial charge >= 0.3 is 17.9 Å². The Kier molecular flexibility index (Phi) is 11.7. The molecular weight excluding hydrogens is 575 g/mol. The molecule has 0 bridgehead atoms. The van der Waals surface area contributed by atoms with Crippen molar-refractivity contribution < 1.29 is 34.1 Å². The molecule has 41 heavy (non-hydrogen) atoms. The van der Waals surface area contributed by atoms with Crippen LogP contribution in [-0.2, 0) is 17.8 Å². The van der Waals surface area contributed by atoms with Gasteiger partial charge in [-0.25, -0.2) is 19.4 Å². The van der Waals surface area contributed by atoms with Crippen molar-refractivity contribution in [2.45, 2.75) is 26.3 Å². The number of carboxylic acids is 2. The number of aromatic carboxylic acids is 2. The van der Waals surface area contributed by atoms with Crippen molar-refractivity contribution in [3.63, 3.8) is 0 Å². The Labute approximate surface area is 246 Å². The number of hydrogen-bond acceptors (Lipinski definition) is 6. The van der Waals surface area contributed by atoms with Crippen molar-refractivity contribution in [2.24, 2.45) is 16.5 Å². The van der Waals surface area contributed by atoms with Gasteiger partial charge in [-0.15, -0.1) is 12.4 Å². The molecule has 0 aliphatic rings. The SMILES string of the molecule is CCN(Cc1cc(C(=O)O)cc(C(=O)O)c1)C(=O)CCc1ccc(OC(=O)c2ccc(N=C(N)N)cc2)cc1Cl.Cl. The molecule has 0 saturated heterocycles. The number of carbonyl (C=O) groups excluding carboxylic acids is 2. The fourth-order valence-corrected chi connectivity index (χ4v) is 4.07. The Morgan fingerprint density at radius 1 is 0.902 bits per heavy atom. The first-order chi connectivity index (χ1) is 19.0.